The molecule has 1 N–H and O–H groups in total. The van der Waals surface area contributed by atoms with Crippen LogP contribution in [0.15, 0.2) is 23.1 Å². The van der Waals surface area contributed by atoms with E-state index >= 15 is 0 Å². The van der Waals surface area contributed by atoms with Crippen LogP contribution >= 0.6 is 12.4 Å². The van der Waals surface area contributed by atoms with Crippen LogP contribution < -0.4 is 5.32 Å². The van der Waals surface area contributed by atoms with Gasteiger partial charge in [-0.3, -0.25) is 9.59 Å². The molecule has 0 atom stereocenters. The number of amides is 2. The molecule has 1 aromatic rings. The van der Waals surface area contributed by atoms with Gasteiger partial charge >= 0.3 is 0 Å². The summed E-state index contributed by atoms with van der Waals surface area (Å²) in [6, 6.07) is 3.83. The lowest BCUT2D eigenvalue weighted by Crippen LogP contribution is -2.46. The van der Waals surface area contributed by atoms with E-state index in [9.17, 15) is 18.0 Å². The van der Waals surface area contributed by atoms with E-state index in [0.29, 0.717) is 31.7 Å². The normalized spacial score (nSPS) is 19.2. The van der Waals surface area contributed by atoms with E-state index in [1.54, 1.807) is 18.7 Å². The number of benzene rings is 1. The molecular weight excluding hydrogens is 354 g/mol. The molecule has 0 unspecified atom stereocenters. The van der Waals surface area contributed by atoms with Crippen LogP contribution in [0.5, 0.6) is 0 Å². The van der Waals surface area contributed by atoms with Gasteiger partial charge in [-0.25, -0.2) is 12.7 Å². The first-order valence-electron chi connectivity index (χ1n) is 7.57. The van der Waals surface area contributed by atoms with E-state index < -0.39 is 22.0 Å². The SMILES string of the molecule is CC(C)N1C(=O)c2ccc(C(=O)N3CCNCC3)cc2S1(=O)=O.Cl. The molecule has 3 rings (SSSR count). The van der Waals surface area contributed by atoms with Crippen LogP contribution in [-0.4, -0.2) is 61.7 Å². The summed E-state index contributed by atoms with van der Waals surface area (Å²) in [7, 11) is -3.88. The molecular formula is C15H20ClN3O4S. The molecule has 7 nitrogen and oxygen atoms in total. The summed E-state index contributed by atoms with van der Waals surface area (Å²) < 4.78 is 26.0. The van der Waals surface area contributed by atoms with Gasteiger partial charge in [0.1, 0.15) is 4.90 Å². The third kappa shape index (κ3) is 2.89. The zero-order valence-corrected chi connectivity index (χ0v) is 15.1. The minimum atomic E-state index is -3.88. The average Bonchev–Trinajstić information content (AvgIpc) is 2.73. The Morgan fingerprint density at radius 2 is 1.83 bits per heavy atom. The van der Waals surface area contributed by atoms with E-state index in [1.807, 2.05) is 0 Å². The Labute approximate surface area is 147 Å². The van der Waals surface area contributed by atoms with E-state index in [2.05, 4.69) is 5.32 Å². The predicted octanol–water partition coefficient (Wildman–Crippen LogP) is 0.707. The standard InChI is InChI=1S/C15H19N3O4S.ClH/c1-10(2)18-15(20)12-4-3-11(9-13(12)23(18,21)22)14(19)17-7-5-16-6-8-17;/h3-4,9-10,16H,5-8H2,1-2H3;1H. The second-order valence-corrected chi connectivity index (χ2v) is 7.74. The molecule has 2 heterocycles. The second-order valence-electron chi connectivity index (χ2n) is 5.95. The number of carbonyl (C=O) groups excluding carboxylic acids is 2. The number of nitrogens with zero attached hydrogens (tertiary/aromatic N) is 2. The number of hydrogen-bond acceptors (Lipinski definition) is 5. The fourth-order valence-electron chi connectivity index (χ4n) is 2.94. The number of fused-ring (bicyclic) bond motifs is 1. The van der Waals surface area contributed by atoms with Crippen molar-refractivity contribution in [1.82, 2.24) is 14.5 Å². The van der Waals surface area contributed by atoms with Crippen LogP contribution in [0.3, 0.4) is 0 Å². The molecule has 2 aliphatic rings. The highest BCUT2D eigenvalue weighted by Gasteiger charge is 2.43. The van der Waals surface area contributed by atoms with Gasteiger partial charge in [-0.15, -0.1) is 12.4 Å². The summed E-state index contributed by atoms with van der Waals surface area (Å²) >= 11 is 0. The topological polar surface area (TPSA) is 86.8 Å². The number of halogens is 1. The van der Waals surface area contributed by atoms with E-state index in [0.717, 1.165) is 4.31 Å². The first-order valence-corrected chi connectivity index (χ1v) is 9.01. The van der Waals surface area contributed by atoms with E-state index in [4.69, 9.17) is 0 Å². The molecule has 2 aliphatic heterocycles. The lowest BCUT2D eigenvalue weighted by atomic mass is 10.1. The zero-order chi connectivity index (χ0) is 16.8. The first kappa shape index (κ1) is 18.7. The maximum atomic E-state index is 12.6. The lowest BCUT2D eigenvalue weighted by Gasteiger charge is -2.27. The van der Waals surface area contributed by atoms with Gasteiger partial charge < -0.3 is 10.2 Å². The van der Waals surface area contributed by atoms with Crippen LogP contribution in [-0.2, 0) is 10.0 Å². The Bertz CT molecular complexity index is 773. The first-order chi connectivity index (χ1) is 10.8. The molecule has 0 saturated carbocycles. The smallest absolute Gasteiger partial charge is 0.269 e. The van der Waals surface area contributed by atoms with Crippen molar-refractivity contribution in [2.24, 2.45) is 0 Å². The highest BCUT2D eigenvalue weighted by molar-refractivity contribution is 7.90. The summed E-state index contributed by atoms with van der Waals surface area (Å²) in [6.07, 6.45) is 0. The van der Waals surface area contributed by atoms with Crippen LogP contribution in [0.2, 0.25) is 0 Å². The van der Waals surface area contributed by atoms with E-state index in [1.165, 1.54) is 18.2 Å². The van der Waals surface area contributed by atoms with Crippen molar-refractivity contribution >= 4 is 34.2 Å². The summed E-state index contributed by atoms with van der Waals surface area (Å²) in [5.74, 6) is -0.740. The van der Waals surface area contributed by atoms with Gasteiger partial charge in [0, 0.05) is 37.8 Å². The van der Waals surface area contributed by atoms with Crippen LogP contribution in [0.4, 0.5) is 0 Å². The van der Waals surface area contributed by atoms with Gasteiger partial charge in [-0.2, -0.15) is 0 Å². The molecule has 0 aliphatic carbocycles. The van der Waals surface area contributed by atoms with Gasteiger partial charge in [-0.05, 0) is 32.0 Å². The van der Waals surface area contributed by atoms with Gasteiger partial charge in [-0.1, -0.05) is 0 Å². The highest BCUT2D eigenvalue weighted by atomic mass is 35.5. The Hall–Kier alpha value is -1.64. The highest BCUT2D eigenvalue weighted by Crippen LogP contribution is 2.32. The number of carbonyl (C=O) groups is 2. The number of piperazine rings is 1. The molecule has 24 heavy (non-hydrogen) atoms. The fourth-order valence-corrected chi connectivity index (χ4v) is 4.73. The second kappa shape index (κ2) is 6.70. The van der Waals surface area contributed by atoms with Crippen molar-refractivity contribution in [3.05, 3.63) is 29.3 Å². The molecule has 1 fully saturated rings. The van der Waals surface area contributed by atoms with Gasteiger partial charge in [0.2, 0.25) is 0 Å². The third-order valence-corrected chi connectivity index (χ3v) is 6.07. The Morgan fingerprint density at radius 3 is 2.42 bits per heavy atom. The molecule has 0 radical (unpaired) electrons. The summed E-state index contributed by atoms with van der Waals surface area (Å²) in [5.41, 5.74) is 0.434. The number of nitrogens with one attached hydrogen (secondary N) is 1. The van der Waals surface area contributed by atoms with Crippen molar-refractivity contribution in [3.8, 4) is 0 Å². The van der Waals surface area contributed by atoms with Crippen molar-refractivity contribution in [1.29, 1.82) is 0 Å². The van der Waals surface area contributed by atoms with Crippen molar-refractivity contribution in [3.63, 3.8) is 0 Å². The summed E-state index contributed by atoms with van der Waals surface area (Å²) in [5, 5.41) is 3.16. The van der Waals surface area contributed by atoms with Crippen molar-refractivity contribution in [2.45, 2.75) is 24.8 Å². The maximum absolute atomic E-state index is 12.6. The molecule has 0 aromatic heterocycles. The largest absolute Gasteiger partial charge is 0.336 e. The quantitative estimate of drug-likeness (QED) is 0.824. The Balaban J connectivity index is 0.00000208. The zero-order valence-electron chi connectivity index (χ0n) is 13.5. The monoisotopic (exact) mass is 373 g/mol. The molecule has 1 saturated heterocycles. The molecule has 132 valence electrons. The van der Waals surface area contributed by atoms with Crippen molar-refractivity contribution in [2.75, 3.05) is 26.2 Å². The molecule has 0 spiro atoms. The Kier molecular flexibility index (Phi) is 5.22. The van der Waals surface area contributed by atoms with Gasteiger partial charge in [0.15, 0.2) is 0 Å². The van der Waals surface area contributed by atoms with Gasteiger partial charge in [0.25, 0.3) is 21.8 Å². The van der Waals surface area contributed by atoms with Gasteiger partial charge in [0.05, 0.1) is 5.56 Å². The van der Waals surface area contributed by atoms with Crippen molar-refractivity contribution < 1.29 is 18.0 Å². The molecule has 1 aromatic carbocycles. The lowest BCUT2D eigenvalue weighted by molar-refractivity contribution is 0.0734. The minimum absolute atomic E-state index is 0. The minimum Gasteiger partial charge on any atom is -0.336 e. The Morgan fingerprint density at radius 1 is 1.21 bits per heavy atom. The average molecular weight is 374 g/mol. The van der Waals surface area contributed by atoms with E-state index in [-0.39, 0.29) is 28.8 Å². The summed E-state index contributed by atoms with van der Waals surface area (Å²) in [6.45, 7) is 5.89. The van der Waals surface area contributed by atoms with Crippen LogP contribution in [0.25, 0.3) is 0 Å². The molecule has 9 heteroatoms. The number of rotatable bonds is 2. The molecule has 2 amide bonds. The maximum Gasteiger partial charge on any atom is 0.269 e. The predicted molar refractivity (Wildman–Crippen MR) is 91.0 cm³/mol. The van der Waals surface area contributed by atoms with Crippen LogP contribution in [0.1, 0.15) is 34.6 Å². The van der Waals surface area contributed by atoms with Crippen LogP contribution in [0, 0.1) is 0 Å². The number of hydrogen-bond donors (Lipinski definition) is 1. The third-order valence-electron chi connectivity index (χ3n) is 4.07. The summed E-state index contributed by atoms with van der Waals surface area (Å²) in [4.78, 5) is 26.4. The molecule has 0 bridgehead atoms. The fraction of sp³-hybridized carbons (Fsp3) is 0.467. The number of sulfonamides is 1.